The Balaban J connectivity index is 1.37. The van der Waals surface area contributed by atoms with Gasteiger partial charge in [0.25, 0.3) is 0 Å². The second kappa shape index (κ2) is 6.55. The van der Waals surface area contributed by atoms with E-state index in [0.717, 1.165) is 12.0 Å². The molecule has 0 aromatic rings. The number of hydrogen-bond acceptors (Lipinski definition) is 3. The zero-order chi connectivity index (χ0) is 14.9. The van der Waals surface area contributed by atoms with Gasteiger partial charge in [-0.25, -0.2) is 0 Å². The molecule has 21 heavy (non-hydrogen) atoms. The Morgan fingerprint density at radius 1 is 0.952 bits per heavy atom. The summed E-state index contributed by atoms with van der Waals surface area (Å²) < 4.78 is 0. The molecular weight excluding hydrogens is 258 g/mol. The third-order valence-corrected chi connectivity index (χ3v) is 6.39. The highest BCUT2D eigenvalue weighted by Gasteiger charge is 2.45. The SMILES string of the molecule is CCN1CCC(CN2CCC3(CC2)CN(C(C)C)C3)CC1. The lowest BCUT2D eigenvalue weighted by Crippen LogP contribution is -2.62. The average molecular weight is 293 g/mol. The van der Waals surface area contributed by atoms with Gasteiger partial charge in [-0.1, -0.05) is 6.92 Å². The van der Waals surface area contributed by atoms with E-state index >= 15 is 0 Å². The fourth-order valence-electron chi connectivity index (χ4n) is 4.56. The van der Waals surface area contributed by atoms with Gasteiger partial charge in [0.1, 0.15) is 0 Å². The number of nitrogens with zero attached hydrogens (tertiary/aromatic N) is 3. The van der Waals surface area contributed by atoms with Gasteiger partial charge in [0, 0.05) is 25.7 Å². The van der Waals surface area contributed by atoms with Crippen molar-refractivity contribution in [2.75, 3.05) is 52.4 Å². The zero-order valence-corrected chi connectivity index (χ0v) is 14.5. The molecule has 0 saturated carbocycles. The third kappa shape index (κ3) is 3.62. The molecule has 0 unspecified atom stereocenters. The van der Waals surface area contributed by atoms with E-state index in [2.05, 4.69) is 35.5 Å². The molecule has 3 fully saturated rings. The summed E-state index contributed by atoms with van der Waals surface area (Å²) in [6.07, 6.45) is 5.75. The first kappa shape index (κ1) is 15.8. The first-order valence-corrected chi connectivity index (χ1v) is 9.29. The first-order valence-electron chi connectivity index (χ1n) is 9.29. The quantitative estimate of drug-likeness (QED) is 0.788. The van der Waals surface area contributed by atoms with Crippen molar-refractivity contribution >= 4 is 0 Å². The minimum Gasteiger partial charge on any atom is -0.304 e. The van der Waals surface area contributed by atoms with Gasteiger partial charge in [-0.2, -0.15) is 0 Å². The van der Waals surface area contributed by atoms with Crippen molar-refractivity contribution < 1.29 is 0 Å². The van der Waals surface area contributed by atoms with Crippen LogP contribution in [0.5, 0.6) is 0 Å². The standard InChI is InChI=1S/C18H35N3/c1-4-19-9-5-17(6-10-19)13-20-11-7-18(8-12-20)14-21(15-18)16(2)3/h16-17H,4-15H2,1-3H3. The van der Waals surface area contributed by atoms with E-state index in [9.17, 15) is 0 Å². The minimum atomic E-state index is 0.701. The first-order chi connectivity index (χ1) is 10.1. The molecule has 0 radical (unpaired) electrons. The number of rotatable bonds is 4. The van der Waals surface area contributed by atoms with Crippen LogP contribution in [-0.2, 0) is 0 Å². The Bertz CT molecular complexity index is 317. The summed E-state index contributed by atoms with van der Waals surface area (Å²) >= 11 is 0. The van der Waals surface area contributed by atoms with E-state index in [1.165, 1.54) is 78.0 Å². The average Bonchev–Trinajstić information content (AvgIpc) is 2.46. The molecule has 3 aliphatic heterocycles. The summed E-state index contributed by atoms with van der Waals surface area (Å²) in [5, 5.41) is 0. The second-order valence-electron chi connectivity index (χ2n) is 8.18. The van der Waals surface area contributed by atoms with Gasteiger partial charge in [-0.15, -0.1) is 0 Å². The zero-order valence-electron chi connectivity index (χ0n) is 14.5. The minimum absolute atomic E-state index is 0.701. The van der Waals surface area contributed by atoms with E-state index in [1.54, 1.807) is 0 Å². The third-order valence-electron chi connectivity index (χ3n) is 6.39. The summed E-state index contributed by atoms with van der Waals surface area (Å²) in [4.78, 5) is 8.03. The van der Waals surface area contributed by atoms with Crippen molar-refractivity contribution in [3.05, 3.63) is 0 Å². The number of likely N-dealkylation sites (tertiary alicyclic amines) is 3. The Kier molecular flexibility index (Phi) is 4.92. The van der Waals surface area contributed by atoms with Crippen LogP contribution >= 0.6 is 0 Å². The van der Waals surface area contributed by atoms with Crippen LogP contribution in [0.1, 0.15) is 46.5 Å². The summed E-state index contributed by atoms with van der Waals surface area (Å²) in [5.41, 5.74) is 0.701. The highest BCUT2D eigenvalue weighted by Crippen LogP contribution is 2.41. The number of hydrogen-bond donors (Lipinski definition) is 0. The molecule has 122 valence electrons. The Labute approximate surface area is 131 Å². The molecule has 3 aliphatic rings. The molecule has 0 amide bonds. The summed E-state index contributed by atoms with van der Waals surface area (Å²) in [6.45, 7) is 17.7. The highest BCUT2D eigenvalue weighted by atomic mass is 15.2. The molecule has 3 heteroatoms. The Hall–Kier alpha value is -0.120. The fourth-order valence-corrected chi connectivity index (χ4v) is 4.56. The van der Waals surface area contributed by atoms with Gasteiger partial charge in [0.05, 0.1) is 0 Å². The molecule has 0 bridgehead atoms. The summed E-state index contributed by atoms with van der Waals surface area (Å²) in [6, 6.07) is 0.748. The van der Waals surface area contributed by atoms with Crippen LogP contribution in [0.2, 0.25) is 0 Å². The topological polar surface area (TPSA) is 9.72 Å². The van der Waals surface area contributed by atoms with Crippen LogP contribution in [-0.4, -0.2) is 73.1 Å². The van der Waals surface area contributed by atoms with Gasteiger partial charge in [-0.05, 0) is 83.6 Å². The second-order valence-corrected chi connectivity index (χ2v) is 8.18. The Morgan fingerprint density at radius 3 is 2.10 bits per heavy atom. The Morgan fingerprint density at radius 2 is 1.57 bits per heavy atom. The van der Waals surface area contributed by atoms with Crippen molar-refractivity contribution in [3.8, 4) is 0 Å². The van der Waals surface area contributed by atoms with Gasteiger partial charge >= 0.3 is 0 Å². The molecule has 3 nitrogen and oxygen atoms in total. The largest absolute Gasteiger partial charge is 0.304 e. The molecule has 0 aromatic heterocycles. The van der Waals surface area contributed by atoms with Crippen LogP contribution in [0.3, 0.4) is 0 Å². The van der Waals surface area contributed by atoms with Crippen LogP contribution < -0.4 is 0 Å². The van der Waals surface area contributed by atoms with Crippen molar-refractivity contribution in [2.24, 2.45) is 11.3 Å². The van der Waals surface area contributed by atoms with Crippen LogP contribution in [0.25, 0.3) is 0 Å². The van der Waals surface area contributed by atoms with Gasteiger partial charge < -0.3 is 9.80 Å². The van der Waals surface area contributed by atoms with E-state index in [4.69, 9.17) is 0 Å². The maximum Gasteiger partial charge on any atom is 0.00541 e. The van der Waals surface area contributed by atoms with Crippen LogP contribution in [0, 0.1) is 11.3 Å². The maximum atomic E-state index is 2.77. The monoisotopic (exact) mass is 293 g/mol. The molecule has 3 heterocycles. The van der Waals surface area contributed by atoms with Crippen LogP contribution in [0.4, 0.5) is 0 Å². The van der Waals surface area contributed by atoms with E-state index in [0.29, 0.717) is 5.41 Å². The smallest absolute Gasteiger partial charge is 0.00541 e. The molecule has 1 spiro atoms. The molecule has 0 N–H and O–H groups in total. The highest BCUT2D eigenvalue weighted by molar-refractivity contribution is 4.99. The predicted octanol–water partition coefficient (Wildman–Crippen LogP) is 2.52. The van der Waals surface area contributed by atoms with Crippen molar-refractivity contribution in [2.45, 2.75) is 52.5 Å². The van der Waals surface area contributed by atoms with Gasteiger partial charge in [0.2, 0.25) is 0 Å². The van der Waals surface area contributed by atoms with E-state index in [-0.39, 0.29) is 0 Å². The summed E-state index contributed by atoms with van der Waals surface area (Å²) in [5.74, 6) is 0.968. The van der Waals surface area contributed by atoms with Crippen molar-refractivity contribution in [1.29, 1.82) is 0 Å². The van der Waals surface area contributed by atoms with Crippen LogP contribution in [0.15, 0.2) is 0 Å². The summed E-state index contributed by atoms with van der Waals surface area (Å²) in [7, 11) is 0. The molecule has 0 aromatic carbocycles. The molecule has 0 atom stereocenters. The molecule has 3 saturated heterocycles. The van der Waals surface area contributed by atoms with E-state index in [1.807, 2.05) is 0 Å². The predicted molar refractivity (Wildman–Crippen MR) is 89.7 cm³/mol. The maximum absolute atomic E-state index is 2.77. The van der Waals surface area contributed by atoms with Crippen molar-refractivity contribution in [1.82, 2.24) is 14.7 Å². The normalized spacial score (nSPS) is 29.1. The van der Waals surface area contributed by atoms with Crippen molar-refractivity contribution in [3.63, 3.8) is 0 Å². The lowest BCUT2D eigenvalue weighted by Gasteiger charge is -2.56. The lowest BCUT2D eigenvalue weighted by molar-refractivity contribution is -0.0647. The molecular formula is C18H35N3. The van der Waals surface area contributed by atoms with E-state index < -0.39 is 0 Å². The molecule has 0 aliphatic carbocycles. The number of piperidine rings is 2. The lowest BCUT2D eigenvalue weighted by atomic mass is 9.71. The van der Waals surface area contributed by atoms with Gasteiger partial charge in [0.15, 0.2) is 0 Å². The molecule has 3 rings (SSSR count). The fraction of sp³-hybridized carbons (Fsp3) is 1.00. The van der Waals surface area contributed by atoms with Gasteiger partial charge in [-0.3, -0.25) is 4.90 Å².